The number of nitrogens with one attached hydrogen (secondary N) is 7. The lowest BCUT2D eigenvalue weighted by Gasteiger charge is -2.51. The number of aliphatic hydroxyl groups is 2. The van der Waals surface area contributed by atoms with Crippen molar-refractivity contribution in [2.24, 2.45) is 0 Å². The second kappa shape index (κ2) is 9.77. The summed E-state index contributed by atoms with van der Waals surface area (Å²) in [6, 6.07) is 10.9. The Labute approximate surface area is 241 Å². The van der Waals surface area contributed by atoms with Crippen molar-refractivity contribution >= 4 is 23.9 Å². The fraction of sp³-hybridized carbons (Fsp3) is 0.429. The summed E-state index contributed by atoms with van der Waals surface area (Å²) in [6.45, 7) is 4.38. The molecule has 2 amide bonds. The van der Waals surface area contributed by atoms with E-state index < -0.39 is 41.6 Å². The van der Waals surface area contributed by atoms with Gasteiger partial charge in [0.05, 0.1) is 24.3 Å². The standard InChI is InChI=1S/C28H34N8O6/c1-26(2)11-12-41-20-16(9-6-10-17(20)26)22(37)33-19-14-36-24(30)32-18(13-31-25(38)42-15-7-4-3-5-8-15)21-27(36,28(19,39)40)35-23(29)34-21/h3-10,18-19,21,39-40H,11-14H2,1-2H3,(H2,30,32)(H,31,38)(H,33,37)(H3,29,34,35)/t18-,19-,21-,27-/m0/s1. The van der Waals surface area contributed by atoms with Crippen molar-refractivity contribution in [2.45, 2.75) is 55.3 Å². The van der Waals surface area contributed by atoms with Crippen LogP contribution in [-0.2, 0) is 5.41 Å². The van der Waals surface area contributed by atoms with Gasteiger partial charge in [-0.3, -0.25) is 15.6 Å². The fourth-order valence-corrected chi connectivity index (χ4v) is 6.36. The van der Waals surface area contributed by atoms with Crippen molar-refractivity contribution in [3.8, 4) is 11.5 Å². The molecule has 4 aliphatic heterocycles. The van der Waals surface area contributed by atoms with E-state index in [-0.39, 0.29) is 36.0 Å². The molecule has 1 spiro atoms. The van der Waals surface area contributed by atoms with E-state index in [0.717, 1.165) is 12.0 Å². The Bertz CT molecular complexity index is 1450. The smallest absolute Gasteiger partial charge is 0.412 e. The molecule has 222 valence electrons. The minimum Gasteiger partial charge on any atom is -0.492 e. The molecule has 4 atom stereocenters. The predicted octanol–water partition coefficient (Wildman–Crippen LogP) is -0.271. The Kier molecular flexibility index (Phi) is 6.42. The maximum atomic E-state index is 13.6. The summed E-state index contributed by atoms with van der Waals surface area (Å²) < 4.78 is 11.2. The third-order valence-corrected chi connectivity index (χ3v) is 8.59. The largest absolute Gasteiger partial charge is 0.492 e. The molecular formula is C28H34N8O6. The van der Waals surface area contributed by atoms with E-state index in [4.69, 9.17) is 20.3 Å². The fourth-order valence-electron chi connectivity index (χ4n) is 6.36. The van der Waals surface area contributed by atoms with Crippen molar-refractivity contribution in [3.05, 3.63) is 59.7 Å². The third-order valence-electron chi connectivity index (χ3n) is 8.59. The van der Waals surface area contributed by atoms with E-state index in [1.807, 2.05) is 6.07 Å². The Hall–Kier alpha value is -4.56. The van der Waals surface area contributed by atoms with Crippen LogP contribution in [-0.4, -0.2) is 88.3 Å². The van der Waals surface area contributed by atoms with E-state index in [1.165, 1.54) is 4.90 Å². The molecule has 14 heteroatoms. The van der Waals surface area contributed by atoms with Crippen molar-refractivity contribution < 1.29 is 29.3 Å². The molecule has 0 saturated carbocycles. The van der Waals surface area contributed by atoms with Crippen LogP contribution in [0.25, 0.3) is 0 Å². The molecule has 6 rings (SSSR count). The van der Waals surface area contributed by atoms with Crippen molar-refractivity contribution in [1.82, 2.24) is 31.5 Å². The van der Waals surface area contributed by atoms with E-state index >= 15 is 0 Å². The number of fused-ring (bicyclic) bond motifs is 1. The normalized spacial score (nSPS) is 28.1. The number of para-hydroxylation sites is 2. The molecular weight excluding hydrogens is 544 g/mol. The zero-order valence-corrected chi connectivity index (χ0v) is 23.2. The first-order valence-corrected chi connectivity index (χ1v) is 13.7. The number of benzene rings is 2. The molecule has 0 aliphatic carbocycles. The van der Waals surface area contributed by atoms with Gasteiger partial charge in [0.25, 0.3) is 5.91 Å². The molecule has 3 fully saturated rings. The van der Waals surface area contributed by atoms with Crippen molar-refractivity contribution in [2.75, 3.05) is 19.7 Å². The lowest BCUT2D eigenvalue weighted by atomic mass is 9.79. The molecule has 42 heavy (non-hydrogen) atoms. The number of ether oxygens (including phenoxy) is 2. The van der Waals surface area contributed by atoms with Gasteiger partial charge in [-0.15, -0.1) is 0 Å². The minimum absolute atomic E-state index is 0.0767. The van der Waals surface area contributed by atoms with Crippen molar-refractivity contribution in [3.63, 3.8) is 0 Å². The topological polar surface area (TPSA) is 204 Å². The van der Waals surface area contributed by atoms with E-state index in [2.05, 4.69) is 40.4 Å². The van der Waals surface area contributed by atoms with Gasteiger partial charge in [0, 0.05) is 18.7 Å². The van der Waals surface area contributed by atoms with E-state index in [0.29, 0.717) is 18.1 Å². The quantitative estimate of drug-likeness (QED) is 0.212. The highest BCUT2D eigenvalue weighted by atomic mass is 16.6. The molecule has 4 aliphatic rings. The summed E-state index contributed by atoms with van der Waals surface area (Å²) in [5.74, 6) is -2.79. The lowest BCUT2D eigenvalue weighted by molar-refractivity contribution is -0.232. The molecule has 2 aromatic rings. The number of carbonyl (C=O) groups excluding carboxylic acids is 2. The van der Waals surface area contributed by atoms with Gasteiger partial charge < -0.3 is 51.2 Å². The van der Waals surface area contributed by atoms with Crippen molar-refractivity contribution in [1.29, 1.82) is 10.8 Å². The molecule has 0 unspecified atom stereocenters. The van der Waals surface area contributed by atoms with Crippen LogP contribution in [0.1, 0.15) is 36.2 Å². The van der Waals surface area contributed by atoms with Gasteiger partial charge in [0.15, 0.2) is 17.6 Å². The predicted molar refractivity (Wildman–Crippen MR) is 150 cm³/mol. The molecule has 2 aromatic carbocycles. The number of nitrogens with zero attached hydrogens (tertiary/aromatic N) is 1. The zero-order chi connectivity index (χ0) is 29.9. The zero-order valence-electron chi connectivity index (χ0n) is 23.2. The van der Waals surface area contributed by atoms with Gasteiger partial charge in [-0.2, -0.15) is 0 Å². The first-order valence-electron chi connectivity index (χ1n) is 13.7. The molecule has 4 heterocycles. The maximum Gasteiger partial charge on any atom is 0.412 e. The minimum atomic E-state index is -2.66. The molecule has 3 saturated heterocycles. The first kappa shape index (κ1) is 27.6. The van der Waals surface area contributed by atoms with Gasteiger partial charge in [0.2, 0.25) is 5.79 Å². The van der Waals surface area contributed by atoms with Crippen LogP contribution >= 0.6 is 0 Å². The van der Waals surface area contributed by atoms with Gasteiger partial charge in [-0.05, 0) is 30.0 Å². The average Bonchev–Trinajstić information content (AvgIpc) is 3.41. The van der Waals surface area contributed by atoms with Crippen LogP contribution in [0.5, 0.6) is 11.5 Å². The summed E-state index contributed by atoms with van der Waals surface area (Å²) in [5, 5.41) is 54.4. The van der Waals surface area contributed by atoms with E-state index in [1.54, 1.807) is 42.5 Å². The first-order chi connectivity index (χ1) is 19.9. The van der Waals surface area contributed by atoms with Gasteiger partial charge in [-0.25, -0.2) is 4.79 Å². The highest BCUT2D eigenvalue weighted by molar-refractivity contribution is 5.98. The van der Waals surface area contributed by atoms with Crippen LogP contribution in [0.15, 0.2) is 48.5 Å². The Morgan fingerprint density at radius 1 is 1.12 bits per heavy atom. The van der Waals surface area contributed by atoms with Crippen LogP contribution in [0.4, 0.5) is 4.79 Å². The van der Waals surface area contributed by atoms with Crippen LogP contribution in [0, 0.1) is 10.8 Å². The Morgan fingerprint density at radius 2 is 1.88 bits per heavy atom. The summed E-state index contributed by atoms with van der Waals surface area (Å²) in [7, 11) is 0. The number of rotatable bonds is 5. The number of hydrogen-bond donors (Lipinski definition) is 9. The summed E-state index contributed by atoms with van der Waals surface area (Å²) in [4.78, 5) is 27.4. The Morgan fingerprint density at radius 3 is 2.64 bits per heavy atom. The van der Waals surface area contributed by atoms with Crippen LogP contribution in [0.2, 0.25) is 0 Å². The van der Waals surface area contributed by atoms with Crippen LogP contribution in [0.3, 0.4) is 0 Å². The third kappa shape index (κ3) is 4.25. The van der Waals surface area contributed by atoms with Crippen LogP contribution < -0.4 is 36.1 Å². The van der Waals surface area contributed by atoms with Gasteiger partial charge >= 0.3 is 6.09 Å². The number of guanidine groups is 2. The highest BCUT2D eigenvalue weighted by Crippen LogP contribution is 2.44. The second-order valence-electron chi connectivity index (χ2n) is 11.6. The van der Waals surface area contributed by atoms with Gasteiger partial charge in [0.1, 0.15) is 17.5 Å². The number of carbonyl (C=O) groups is 2. The SMILES string of the molecule is CC1(C)CCOc2c(C(=O)N[C@H]3CN4C(=N)N[C@@H](CNC(=O)Oc5ccccc5)[C@@H]5NC(=N)N[C@@]54C3(O)O)cccc21. The van der Waals surface area contributed by atoms with E-state index in [9.17, 15) is 19.8 Å². The molecule has 14 nitrogen and oxygen atoms in total. The molecule has 9 N–H and O–H groups in total. The summed E-state index contributed by atoms with van der Waals surface area (Å²) in [6.07, 6.45) is 0.0577. The number of hydrogen-bond acceptors (Lipinski definition) is 8. The molecule has 0 aromatic heterocycles. The summed E-state index contributed by atoms with van der Waals surface area (Å²) in [5.41, 5.74) is -0.842. The summed E-state index contributed by atoms with van der Waals surface area (Å²) >= 11 is 0. The second-order valence-corrected chi connectivity index (χ2v) is 11.6. The maximum absolute atomic E-state index is 13.6. The lowest BCUT2D eigenvalue weighted by Crippen LogP contribution is -2.81. The average molecular weight is 579 g/mol. The van der Waals surface area contributed by atoms with Gasteiger partial charge in [-0.1, -0.05) is 44.2 Å². The monoisotopic (exact) mass is 578 g/mol. The highest BCUT2D eigenvalue weighted by Gasteiger charge is 2.74. The number of amides is 2. The molecule has 0 bridgehead atoms. The molecule has 0 radical (unpaired) electrons. The Balaban J connectivity index is 1.23.